The van der Waals surface area contributed by atoms with Crippen LogP contribution in [0.5, 0.6) is 0 Å². The van der Waals surface area contributed by atoms with Crippen LogP contribution in [0.2, 0.25) is 0 Å². The smallest absolute Gasteiger partial charge is 0.150 e. The van der Waals surface area contributed by atoms with Crippen LogP contribution in [0.15, 0.2) is 133 Å². The first-order chi connectivity index (χ1) is 20.6. The summed E-state index contributed by atoms with van der Waals surface area (Å²) >= 11 is 0. The van der Waals surface area contributed by atoms with Gasteiger partial charge >= 0.3 is 0 Å². The summed E-state index contributed by atoms with van der Waals surface area (Å²) in [5.74, 6) is 0. The van der Waals surface area contributed by atoms with E-state index in [1.165, 1.54) is 0 Å². The molecule has 0 saturated carbocycles. The molecule has 0 fully saturated rings. The maximum atomic E-state index is 11.3. The van der Waals surface area contributed by atoms with E-state index in [2.05, 4.69) is 6.07 Å². The molecule has 0 atom stereocenters. The second-order valence-electron chi connectivity index (χ2n) is 9.64. The van der Waals surface area contributed by atoms with Gasteiger partial charge in [0.05, 0.1) is 0 Å². The molecule has 0 heterocycles. The minimum atomic E-state index is 0. The van der Waals surface area contributed by atoms with Gasteiger partial charge in [-0.1, -0.05) is 124 Å². The Hall–Kier alpha value is -5.22. The summed E-state index contributed by atoms with van der Waals surface area (Å²) in [5, 5.41) is 0. The molecule has 216 valence electrons. The van der Waals surface area contributed by atoms with Crippen molar-refractivity contribution in [1.29, 1.82) is 0 Å². The van der Waals surface area contributed by atoms with Crippen LogP contribution < -0.4 is 0 Å². The van der Waals surface area contributed by atoms with E-state index in [1.807, 2.05) is 78.9 Å². The van der Waals surface area contributed by atoms with Gasteiger partial charge in [-0.3, -0.25) is 19.2 Å². The topological polar surface area (TPSA) is 68.3 Å². The molecule has 0 N–H and O–H groups in total. The van der Waals surface area contributed by atoms with E-state index >= 15 is 0 Å². The van der Waals surface area contributed by atoms with Crippen molar-refractivity contribution in [3.63, 3.8) is 0 Å². The summed E-state index contributed by atoms with van der Waals surface area (Å²) in [4.78, 5) is 45.1. The van der Waals surface area contributed by atoms with Crippen LogP contribution in [0.3, 0.4) is 0 Å². The Labute approximate surface area is 260 Å². The summed E-state index contributed by atoms with van der Waals surface area (Å²) in [6, 6.07) is 41.7. The Morgan fingerprint density at radius 1 is 0.442 bits per heavy atom. The van der Waals surface area contributed by atoms with Gasteiger partial charge in [0.1, 0.15) is 25.1 Å². The van der Waals surface area contributed by atoms with Crippen molar-refractivity contribution >= 4 is 25.1 Å². The molecule has 0 aliphatic rings. The van der Waals surface area contributed by atoms with E-state index in [-0.39, 0.29) is 17.1 Å². The zero-order valence-electron chi connectivity index (χ0n) is 23.0. The van der Waals surface area contributed by atoms with Crippen molar-refractivity contribution in [2.75, 3.05) is 0 Å². The molecule has 4 nitrogen and oxygen atoms in total. The third-order valence-electron chi connectivity index (χ3n) is 7.02. The molecule has 6 aromatic carbocycles. The summed E-state index contributed by atoms with van der Waals surface area (Å²) in [6.07, 6.45) is 3.25. The van der Waals surface area contributed by atoms with E-state index in [9.17, 15) is 19.2 Å². The molecule has 0 amide bonds. The maximum Gasteiger partial charge on any atom is 0.150 e. The van der Waals surface area contributed by atoms with E-state index in [0.717, 1.165) is 69.7 Å². The zero-order chi connectivity index (χ0) is 29.3. The van der Waals surface area contributed by atoms with Crippen LogP contribution >= 0.6 is 0 Å². The van der Waals surface area contributed by atoms with Gasteiger partial charge in [0.2, 0.25) is 0 Å². The Bertz CT molecular complexity index is 1650. The van der Waals surface area contributed by atoms with Gasteiger partial charge in [0.25, 0.3) is 0 Å². The average Bonchev–Trinajstić information content (AvgIpc) is 3.78. The fourth-order valence-electron chi connectivity index (χ4n) is 4.87. The zero-order valence-corrected chi connectivity index (χ0v) is 24.1. The normalized spacial score (nSPS) is 10.0. The number of benzene rings is 4. The number of carbonyl (C=O) groups is 4. The van der Waals surface area contributed by atoms with Crippen molar-refractivity contribution in [3.05, 3.63) is 156 Å². The van der Waals surface area contributed by atoms with Crippen LogP contribution in [0.4, 0.5) is 0 Å². The minimum Gasteiger partial charge on any atom is -0.748 e. The van der Waals surface area contributed by atoms with E-state index < -0.39 is 0 Å². The summed E-state index contributed by atoms with van der Waals surface area (Å²) in [6.45, 7) is 0. The first-order valence-electron chi connectivity index (χ1n) is 13.4. The molecule has 0 spiro atoms. The number of carbonyl (C=O) groups excluding carboxylic acids is 4. The molecule has 5 heteroatoms. The molecule has 0 aliphatic heterocycles. The molecular formula is C38H26FeO4-6. The largest absolute Gasteiger partial charge is 0.748 e. The Kier molecular flexibility index (Phi) is 10.4. The third-order valence-corrected chi connectivity index (χ3v) is 7.02. The van der Waals surface area contributed by atoms with Gasteiger partial charge in [0, 0.05) is 39.3 Å². The minimum absolute atomic E-state index is 0. The van der Waals surface area contributed by atoms with Crippen LogP contribution in [-0.4, -0.2) is 25.1 Å². The Balaban J connectivity index is 0.000000641. The van der Waals surface area contributed by atoms with Gasteiger partial charge in [-0.15, -0.1) is 23.8 Å². The molecule has 6 rings (SSSR count). The third kappa shape index (κ3) is 6.99. The van der Waals surface area contributed by atoms with E-state index in [0.29, 0.717) is 22.3 Å². The number of aldehydes is 4. The standard InChI is InChI=1S/C33H21O4.C5H5.Fe/c34-18-22-1-9-26(10-2-22)30-17-31(27-11-3-23(19-35)4-12-27)33(29-15-7-25(21-37)8-16-29)32(30)28-13-5-24(20-36)6-14-28;1-2-4-5-3-1;/h1-21H;1-5H;/q-1;-5;. The van der Waals surface area contributed by atoms with Crippen molar-refractivity contribution in [3.8, 4) is 44.5 Å². The average molecular weight is 602 g/mol. The van der Waals surface area contributed by atoms with Gasteiger partial charge in [-0.25, -0.2) is 0 Å². The molecule has 0 saturated heterocycles. The predicted molar refractivity (Wildman–Crippen MR) is 167 cm³/mol. The summed E-state index contributed by atoms with van der Waals surface area (Å²) in [7, 11) is 0. The molecule has 0 aliphatic carbocycles. The van der Waals surface area contributed by atoms with Crippen molar-refractivity contribution in [2.24, 2.45) is 0 Å². The first-order valence-corrected chi connectivity index (χ1v) is 13.4. The quantitative estimate of drug-likeness (QED) is 0.0993. The number of rotatable bonds is 8. The maximum absolute atomic E-state index is 11.3. The van der Waals surface area contributed by atoms with E-state index in [1.54, 1.807) is 48.5 Å². The fourth-order valence-corrected chi connectivity index (χ4v) is 4.87. The van der Waals surface area contributed by atoms with Gasteiger partial charge < -0.3 is 30.3 Å². The SMILES string of the molecule is O=Cc1ccc(-c2c[c-](-c3ccc(C=O)cc3)c(-c3ccc(C=O)cc3)c2-c2ccc(C=O)cc2)cc1.[Fe].[cH-]1[cH-][cH-][cH-][cH-]1. The molecule has 0 bridgehead atoms. The van der Waals surface area contributed by atoms with Gasteiger partial charge in [-0.05, 0) is 0 Å². The van der Waals surface area contributed by atoms with Gasteiger partial charge in [0.15, 0.2) is 0 Å². The fraction of sp³-hybridized carbons (Fsp3) is 0. The second kappa shape index (κ2) is 14.6. The molecule has 6 aromatic rings. The molecule has 0 radical (unpaired) electrons. The molecular weight excluding hydrogens is 576 g/mol. The van der Waals surface area contributed by atoms with Crippen molar-refractivity contribution in [2.45, 2.75) is 0 Å². The van der Waals surface area contributed by atoms with E-state index in [4.69, 9.17) is 0 Å². The van der Waals surface area contributed by atoms with Crippen LogP contribution in [0.1, 0.15) is 41.4 Å². The summed E-state index contributed by atoms with van der Waals surface area (Å²) in [5.41, 5.74) is 9.87. The summed E-state index contributed by atoms with van der Waals surface area (Å²) < 4.78 is 0. The Morgan fingerprint density at radius 2 is 0.791 bits per heavy atom. The number of hydrogen-bond acceptors (Lipinski definition) is 4. The molecule has 0 aromatic heterocycles. The second-order valence-corrected chi connectivity index (χ2v) is 9.64. The van der Waals surface area contributed by atoms with Crippen LogP contribution in [-0.2, 0) is 17.1 Å². The van der Waals surface area contributed by atoms with Crippen LogP contribution in [0, 0.1) is 0 Å². The van der Waals surface area contributed by atoms with Crippen molar-refractivity contribution < 1.29 is 36.2 Å². The Morgan fingerprint density at radius 3 is 1.19 bits per heavy atom. The monoisotopic (exact) mass is 602 g/mol. The first kappa shape index (κ1) is 30.7. The molecule has 43 heavy (non-hydrogen) atoms. The van der Waals surface area contributed by atoms with Crippen molar-refractivity contribution in [1.82, 2.24) is 0 Å². The predicted octanol–water partition coefficient (Wildman–Crippen LogP) is 8.73. The number of hydrogen-bond donors (Lipinski definition) is 0. The molecule has 0 unspecified atom stereocenters. The van der Waals surface area contributed by atoms with Gasteiger partial charge in [-0.2, -0.15) is 0 Å². The van der Waals surface area contributed by atoms with Crippen LogP contribution in [0.25, 0.3) is 44.5 Å².